The van der Waals surface area contributed by atoms with Crippen molar-refractivity contribution in [2.45, 2.75) is 31.5 Å². The van der Waals surface area contributed by atoms with Crippen molar-refractivity contribution in [3.63, 3.8) is 0 Å². The summed E-state index contributed by atoms with van der Waals surface area (Å²) in [4.78, 5) is 34.2. The zero-order valence-corrected chi connectivity index (χ0v) is 20.8. The molecule has 3 aromatic rings. The van der Waals surface area contributed by atoms with E-state index in [1.807, 2.05) is 19.0 Å². The first-order chi connectivity index (χ1) is 18.1. The van der Waals surface area contributed by atoms with E-state index in [-0.39, 0.29) is 36.0 Å². The minimum absolute atomic E-state index is 0.118. The lowest BCUT2D eigenvalue weighted by molar-refractivity contribution is -0.155. The molecule has 0 unspecified atom stereocenters. The van der Waals surface area contributed by atoms with Gasteiger partial charge >= 0.3 is 6.43 Å². The molecule has 1 fully saturated rings. The van der Waals surface area contributed by atoms with Gasteiger partial charge in [-0.2, -0.15) is 8.78 Å². The van der Waals surface area contributed by atoms with Crippen LogP contribution in [-0.4, -0.2) is 76.2 Å². The van der Waals surface area contributed by atoms with Crippen molar-refractivity contribution >= 4 is 17.5 Å². The second-order valence-electron chi connectivity index (χ2n) is 9.28. The van der Waals surface area contributed by atoms with Crippen molar-refractivity contribution in [2.24, 2.45) is 0 Å². The van der Waals surface area contributed by atoms with Crippen molar-refractivity contribution < 1.29 is 31.6 Å². The van der Waals surface area contributed by atoms with Crippen molar-refractivity contribution in [2.75, 3.05) is 38.6 Å². The van der Waals surface area contributed by atoms with Gasteiger partial charge in [0.15, 0.2) is 0 Å². The van der Waals surface area contributed by atoms with Gasteiger partial charge in [0, 0.05) is 18.3 Å². The number of halogens is 4. The van der Waals surface area contributed by atoms with Crippen LogP contribution in [0.25, 0.3) is 11.5 Å². The maximum absolute atomic E-state index is 15.7. The summed E-state index contributed by atoms with van der Waals surface area (Å²) in [6.07, 6.45) is -0.780. The second-order valence-corrected chi connectivity index (χ2v) is 9.28. The van der Waals surface area contributed by atoms with Crippen LogP contribution in [0.15, 0.2) is 47.0 Å². The summed E-state index contributed by atoms with van der Waals surface area (Å²) < 4.78 is 60.0. The van der Waals surface area contributed by atoms with E-state index in [9.17, 15) is 22.8 Å². The Hall–Kier alpha value is -3.87. The van der Waals surface area contributed by atoms with Gasteiger partial charge < -0.3 is 19.1 Å². The topological polar surface area (TPSA) is 95.7 Å². The molecule has 0 N–H and O–H groups in total. The van der Waals surface area contributed by atoms with Crippen molar-refractivity contribution in [1.29, 1.82) is 0 Å². The van der Waals surface area contributed by atoms with Crippen LogP contribution >= 0.6 is 0 Å². The number of carbonyl (C=O) groups is 2. The molecule has 2 amide bonds. The van der Waals surface area contributed by atoms with Crippen LogP contribution in [0, 0.1) is 5.82 Å². The normalized spacial score (nSPS) is 14.6. The Labute approximate surface area is 216 Å². The summed E-state index contributed by atoms with van der Waals surface area (Å²) in [6.45, 7) is -0.293. The summed E-state index contributed by atoms with van der Waals surface area (Å²) in [5.74, 6) is -2.77. The molecule has 9 nitrogen and oxygen atoms in total. The number of likely N-dealkylation sites (tertiary alicyclic amines) is 1. The third-order valence-electron chi connectivity index (χ3n) is 6.00. The molecule has 0 saturated carbocycles. The van der Waals surface area contributed by atoms with Crippen LogP contribution in [0.3, 0.4) is 0 Å². The van der Waals surface area contributed by atoms with Gasteiger partial charge in [0.1, 0.15) is 5.82 Å². The number of hydrogen-bond donors (Lipinski definition) is 0. The van der Waals surface area contributed by atoms with Crippen molar-refractivity contribution in [3.8, 4) is 11.5 Å². The number of rotatable bonds is 10. The van der Waals surface area contributed by atoms with Crippen LogP contribution in [0.4, 0.5) is 23.2 Å². The summed E-state index contributed by atoms with van der Waals surface area (Å²) in [6, 6.07) is 8.11. The first kappa shape index (κ1) is 27.2. The molecule has 0 radical (unpaired) electrons. The fourth-order valence-corrected chi connectivity index (χ4v) is 3.99. The average molecular weight is 535 g/mol. The molecule has 202 valence electrons. The molecule has 0 bridgehead atoms. The number of alkyl halides is 3. The summed E-state index contributed by atoms with van der Waals surface area (Å²) in [5, 5.41) is 6.82. The second kappa shape index (κ2) is 11.3. The maximum atomic E-state index is 15.7. The number of aromatic nitrogens is 3. The first-order valence-electron chi connectivity index (χ1n) is 11.8. The third kappa shape index (κ3) is 6.15. The van der Waals surface area contributed by atoms with E-state index in [4.69, 9.17) is 4.42 Å². The van der Waals surface area contributed by atoms with E-state index in [2.05, 4.69) is 15.2 Å². The Bertz CT molecular complexity index is 1280. The molecule has 38 heavy (non-hydrogen) atoms. The predicted molar refractivity (Wildman–Crippen MR) is 128 cm³/mol. The van der Waals surface area contributed by atoms with E-state index in [1.165, 1.54) is 41.4 Å². The summed E-state index contributed by atoms with van der Waals surface area (Å²) in [5.41, 5.74) is -1.65. The van der Waals surface area contributed by atoms with E-state index < -0.39 is 42.8 Å². The standard InChI is InChI=1S/C25H26F4N6O3/c1-33(2)10-4-7-20(36)34-14-25(29,15-34)24(37)35(19-6-3-5-17(26)11-19)13-18-9-8-16(12-30-18)22-31-32-23(38-22)21(27)28/h3,5-6,8-9,11-12,21H,4,7,10,13-15H2,1-2H3. The Morgan fingerprint density at radius 2 is 1.92 bits per heavy atom. The molecule has 13 heteroatoms. The molecule has 1 aliphatic rings. The molecule has 0 aliphatic carbocycles. The minimum Gasteiger partial charge on any atom is -0.415 e. The lowest BCUT2D eigenvalue weighted by Crippen LogP contribution is -2.67. The van der Waals surface area contributed by atoms with Crippen LogP contribution in [0.1, 0.15) is 30.9 Å². The van der Waals surface area contributed by atoms with E-state index in [0.717, 1.165) is 11.0 Å². The average Bonchev–Trinajstić information content (AvgIpc) is 3.36. The first-order valence-corrected chi connectivity index (χ1v) is 11.8. The van der Waals surface area contributed by atoms with Gasteiger partial charge in [0.05, 0.1) is 30.9 Å². The fraction of sp³-hybridized carbons (Fsp3) is 0.400. The Morgan fingerprint density at radius 3 is 2.53 bits per heavy atom. The summed E-state index contributed by atoms with van der Waals surface area (Å²) >= 11 is 0. The van der Waals surface area contributed by atoms with Gasteiger partial charge in [-0.25, -0.2) is 8.78 Å². The number of pyridine rings is 1. The Kier molecular flexibility index (Phi) is 8.05. The number of nitrogens with zero attached hydrogens (tertiary/aromatic N) is 6. The number of carbonyl (C=O) groups excluding carboxylic acids is 2. The van der Waals surface area contributed by atoms with E-state index in [0.29, 0.717) is 18.7 Å². The van der Waals surface area contributed by atoms with Gasteiger partial charge in [0.25, 0.3) is 11.8 Å². The summed E-state index contributed by atoms with van der Waals surface area (Å²) in [7, 11) is 3.77. The molecule has 0 atom stereocenters. The van der Waals surface area contributed by atoms with Gasteiger partial charge in [0.2, 0.25) is 17.5 Å². The zero-order valence-electron chi connectivity index (χ0n) is 20.8. The SMILES string of the molecule is CN(C)CCCC(=O)N1CC(F)(C(=O)N(Cc2ccc(-c3nnc(C(F)F)o3)cn2)c2cccc(F)c2)C1. The molecule has 0 spiro atoms. The lowest BCUT2D eigenvalue weighted by atomic mass is 9.93. The fourth-order valence-electron chi connectivity index (χ4n) is 3.99. The van der Waals surface area contributed by atoms with Gasteiger partial charge in [-0.05, 0) is 57.4 Å². The number of anilines is 1. The number of amides is 2. The van der Waals surface area contributed by atoms with E-state index in [1.54, 1.807) is 0 Å². The van der Waals surface area contributed by atoms with Gasteiger partial charge in [-0.3, -0.25) is 14.6 Å². The Balaban J connectivity index is 1.48. The smallest absolute Gasteiger partial charge is 0.314 e. The Morgan fingerprint density at radius 1 is 1.16 bits per heavy atom. The van der Waals surface area contributed by atoms with Crippen LogP contribution < -0.4 is 4.90 Å². The van der Waals surface area contributed by atoms with Gasteiger partial charge in [-0.15, -0.1) is 10.2 Å². The molecule has 1 aromatic carbocycles. The molecular formula is C25H26F4N6O3. The lowest BCUT2D eigenvalue weighted by Gasteiger charge is -2.45. The number of hydrogen-bond acceptors (Lipinski definition) is 7. The van der Waals surface area contributed by atoms with Crippen LogP contribution in [0.2, 0.25) is 0 Å². The maximum Gasteiger partial charge on any atom is 0.314 e. The van der Waals surface area contributed by atoms with Gasteiger partial charge in [-0.1, -0.05) is 6.07 Å². The van der Waals surface area contributed by atoms with Crippen LogP contribution in [0.5, 0.6) is 0 Å². The molecule has 3 heterocycles. The largest absolute Gasteiger partial charge is 0.415 e. The molecule has 1 aliphatic heterocycles. The molecule has 2 aromatic heterocycles. The van der Waals surface area contributed by atoms with E-state index >= 15 is 4.39 Å². The zero-order chi connectivity index (χ0) is 27.4. The third-order valence-corrected chi connectivity index (χ3v) is 6.00. The molecular weight excluding hydrogens is 508 g/mol. The highest BCUT2D eigenvalue weighted by molar-refractivity contribution is 6.01. The van der Waals surface area contributed by atoms with Crippen molar-refractivity contribution in [3.05, 3.63) is 60.0 Å². The quantitative estimate of drug-likeness (QED) is 0.367. The highest BCUT2D eigenvalue weighted by Crippen LogP contribution is 2.32. The molecule has 1 saturated heterocycles. The van der Waals surface area contributed by atoms with Crippen LogP contribution in [-0.2, 0) is 16.1 Å². The highest BCUT2D eigenvalue weighted by Gasteiger charge is 2.53. The number of benzene rings is 1. The predicted octanol–water partition coefficient (Wildman–Crippen LogP) is 3.63. The monoisotopic (exact) mass is 534 g/mol. The highest BCUT2D eigenvalue weighted by atomic mass is 19.3. The van der Waals surface area contributed by atoms with Crippen molar-refractivity contribution in [1.82, 2.24) is 25.0 Å². The molecule has 4 rings (SSSR count). The minimum atomic E-state index is -2.92.